The van der Waals surface area contributed by atoms with E-state index < -0.39 is 0 Å². The average Bonchev–Trinajstić information content (AvgIpc) is 3.31. The van der Waals surface area contributed by atoms with E-state index in [1.807, 2.05) is 31.2 Å². The molecule has 0 spiro atoms. The Bertz CT molecular complexity index is 705. The first-order valence-corrected chi connectivity index (χ1v) is 8.05. The Kier molecular flexibility index (Phi) is 4.28. The number of carbonyl (C=O) groups is 1. The van der Waals surface area contributed by atoms with E-state index in [9.17, 15) is 4.79 Å². The third-order valence-corrected chi connectivity index (χ3v) is 3.83. The largest absolute Gasteiger partial charge is 0.351 e. The van der Waals surface area contributed by atoms with Crippen LogP contribution in [-0.2, 0) is 0 Å². The van der Waals surface area contributed by atoms with Crippen molar-refractivity contribution in [1.29, 1.82) is 0 Å². The summed E-state index contributed by atoms with van der Waals surface area (Å²) in [5.41, 5.74) is 3.18. The van der Waals surface area contributed by atoms with Crippen LogP contribution in [0.25, 0.3) is 0 Å². The first-order chi connectivity index (χ1) is 11.0. The summed E-state index contributed by atoms with van der Waals surface area (Å²) in [6.45, 7) is 6.16. The van der Waals surface area contributed by atoms with Gasteiger partial charge in [-0.1, -0.05) is 26.0 Å². The number of anilines is 2. The lowest BCUT2D eigenvalue weighted by atomic mass is 10.0. The van der Waals surface area contributed by atoms with Gasteiger partial charge in [0.05, 0.1) is 0 Å². The zero-order valence-electron chi connectivity index (χ0n) is 13.8. The Hall–Kier alpha value is -2.43. The van der Waals surface area contributed by atoms with Crippen molar-refractivity contribution >= 4 is 17.5 Å². The van der Waals surface area contributed by atoms with E-state index in [4.69, 9.17) is 0 Å². The molecule has 0 radical (unpaired) electrons. The molecular formula is C18H22N4O. The molecule has 2 N–H and O–H groups in total. The molecule has 0 atom stereocenters. The van der Waals surface area contributed by atoms with Crippen molar-refractivity contribution in [3.63, 3.8) is 0 Å². The molecule has 0 aliphatic heterocycles. The maximum Gasteiger partial charge on any atom is 0.274 e. The van der Waals surface area contributed by atoms with Crippen LogP contribution < -0.4 is 10.6 Å². The molecule has 1 aromatic carbocycles. The molecule has 2 aromatic rings. The van der Waals surface area contributed by atoms with E-state index >= 15 is 0 Å². The highest BCUT2D eigenvalue weighted by Crippen LogP contribution is 2.23. The predicted octanol–water partition coefficient (Wildman–Crippen LogP) is 3.74. The molecule has 5 heteroatoms. The van der Waals surface area contributed by atoms with Crippen LogP contribution in [0.3, 0.4) is 0 Å². The number of aromatic nitrogens is 2. The van der Waals surface area contributed by atoms with Crippen molar-refractivity contribution in [1.82, 2.24) is 9.97 Å². The Morgan fingerprint density at radius 3 is 2.48 bits per heavy atom. The number of benzene rings is 1. The molecule has 1 fully saturated rings. The van der Waals surface area contributed by atoms with Gasteiger partial charge in [-0.05, 0) is 49.4 Å². The van der Waals surface area contributed by atoms with Crippen LogP contribution in [0.1, 0.15) is 54.4 Å². The van der Waals surface area contributed by atoms with E-state index in [2.05, 4.69) is 34.4 Å². The molecule has 120 valence electrons. The summed E-state index contributed by atoms with van der Waals surface area (Å²) in [6, 6.07) is 10.1. The lowest BCUT2D eigenvalue weighted by Crippen LogP contribution is -2.16. The summed E-state index contributed by atoms with van der Waals surface area (Å²) in [7, 11) is 0. The standard InChI is InChI=1S/C18H22N4O/c1-11(2)13-4-6-14(7-5-13)20-17(23)16-10-12(3)19-18(22-16)21-15-8-9-15/h4-7,10-11,15H,8-9H2,1-3H3,(H,20,23)(H,19,21,22). The fourth-order valence-corrected chi connectivity index (χ4v) is 2.31. The SMILES string of the molecule is Cc1cc(C(=O)Nc2ccc(C(C)C)cc2)nc(NC2CC2)n1. The van der Waals surface area contributed by atoms with E-state index in [-0.39, 0.29) is 5.91 Å². The molecule has 0 unspecified atom stereocenters. The fourth-order valence-electron chi connectivity index (χ4n) is 2.31. The maximum absolute atomic E-state index is 12.4. The highest BCUT2D eigenvalue weighted by atomic mass is 16.1. The number of amides is 1. The van der Waals surface area contributed by atoms with Crippen LogP contribution in [-0.4, -0.2) is 21.9 Å². The van der Waals surface area contributed by atoms with E-state index in [1.165, 1.54) is 5.56 Å². The molecule has 1 aliphatic rings. The summed E-state index contributed by atoms with van der Waals surface area (Å²) in [5.74, 6) is 0.791. The molecule has 0 bridgehead atoms. The van der Waals surface area contributed by atoms with Crippen molar-refractivity contribution < 1.29 is 4.79 Å². The zero-order valence-corrected chi connectivity index (χ0v) is 13.8. The Balaban J connectivity index is 1.73. The quantitative estimate of drug-likeness (QED) is 0.883. The topological polar surface area (TPSA) is 66.9 Å². The first kappa shape index (κ1) is 15.5. The van der Waals surface area contributed by atoms with Crippen molar-refractivity contribution in [2.24, 2.45) is 0 Å². The molecule has 1 aliphatic carbocycles. The maximum atomic E-state index is 12.4. The van der Waals surface area contributed by atoms with E-state index in [1.54, 1.807) is 6.07 Å². The van der Waals surface area contributed by atoms with Crippen LogP contribution in [0.4, 0.5) is 11.6 Å². The van der Waals surface area contributed by atoms with Gasteiger partial charge in [-0.25, -0.2) is 9.97 Å². The normalized spacial score (nSPS) is 13.9. The zero-order chi connectivity index (χ0) is 16.4. The molecule has 3 rings (SSSR count). The number of hydrogen-bond acceptors (Lipinski definition) is 4. The van der Waals surface area contributed by atoms with Crippen molar-refractivity contribution in [3.05, 3.63) is 47.3 Å². The van der Waals surface area contributed by atoms with Gasteiger partial charge in [-0.3, -0.25) is 4.79 Å². The minimum Gasteiger partial charge on any atom is -0.351 e. The van der Waals surface area contributed by atoms with Gasteiger partial charge in [0, 0.05) is 17.4 Å². The molecule has 1 amide bonds. The van der Waals surface area contributed by atoms with Crippen LogP contribution in [0.5, 0.6) is 0 Å². The van der Waals surface area contributed by atoms with Gasteiger partial charge in [0.25, 0.3) is 5.91 Å². The minimum atomic E-state index is -0.216. The predicted molar refractivity (Wildman–Crippen MR) is 91.9 cm³/mol. The van der Waals surface area contributed by atoms with Gasteiger partial charge in [-0.2, -0.15) is 0 Å². The summed E-state index contributed by atoms with van der Waals surface area (Å²) in [6.07, 6.45) is 2.28. The van der Waals surface area contributed by atoms with Gasteiger partial charge in [0.15, 0.2) is 0 Å². The summed E-state index contributed by atoms with van der Waals surface area (Å²) >= 11 is 0. The third-order valence-electron chi connectivity index (χ3n) is 3.83. The number of nitrogens with one attached hydrogen (secondary N) is 2. The molecule has 23 heavy (non-hydrogen) atoms. The Labute approximate surface area is 136 Å². The second-order valence-corrected chi connectivity index (χ2v) is 6.37. The highest BCUT2D eigenvalue weighted by molar-refractivity contribution is 6.03. The number of aryl methyl sites for hydroxylation is 1. The minimum absolute atomic E-state index is 0.216. The molecule has 1 aromatic heterocycles. The van der Waals surface area contributed by atoms with Crippen molar-refractivity contribution in [2.45, 2.75) is 45.6 Å². The van der Waals surface area contributed by atoms with Crippen molar-refractivity contribution in [3.8, 4) is 0 Å². The van der Waals surface area contributed by atoms with E-state index in [0.717, 1.165) is 24.2 Å². The lowest BCUT2D eigenvalue weighted by molar-refractivity contribution is 0.102. The van der Waals surface area contributed by atoms with Crippen LogP contribution in [0, 0.1) is 6.92 Å². The number of carbonyl (C=O) groups excluding carboxylic acids is 1. The van der Waals surface area contributed by atoms with Crippen molar-refractivity contribution in [2.75, 3.05) is 10.6 Å². The average molecular weight is 310 g/mol. The highest BCUT2D eigenvalue weighted by Gasteiger charge is 2.22. The van der Waals surface area contributed by atoms with Crippen LogP contribution >= 0.6 is 0 Å². The third kappa shape index (κ3) is 4.06. The molecule has 5 nitrogen and oxygen atoms in total. The molecular weight excluding hydrogens is 288 g/mol. The summed E-state index contributed by atoms with van der Waals surface area (Å²) in [5, 5.41) is 6.12. The lowest BCUT2D eigenvalue weighted by Gasteiger charge is -2.10. The monoisotopic (exact) mass is 310 g/mol. The summed E-state index contributed by atoms with van der Waals surface area (Å²) < 4.78 is 0. The summed E-state index contributed by atoms with van der Waals surface area (Å²) in [4.78, 5) is 21.1. The number of rotatable bonds is 5. The Morgan fingerprint density at radius 1 is 1.17 bits per heavy atom. The second kappa shape index (κ2) is 6.36. The molecule has 0 saturated heterocycles. The van der Waals surface area contributed by atoms with Crippen LogP contribution in [0.15, 0.2) is 30.3 Å². The Morgan fingerprint density at radius 2 is 1.87 bits per heavy atom. The number of hydrogen-bond donors (Lipinski definition) is 2. The molecule has 1 saturated carbocycles. The fraction of sp³-hybridized carbons (Fsp3) is 0.389. The van der Waals surface area contributed by atoms with Gasteiger partial charge in [0.2, 0.25) is 5.95 Å². The van der Waals surface area contributed by atoms with Gasteiger partial charge < -0.3 is 10.6 Å². The van der Waals surface area contributed by atoms with Crippen LogP contribution in [0.2, 0.25) is 0 Å². The molecule has 1 heterocycles. The van der Waals surface area contributed by atoms with E-state index in [0.29, 0.717) is 23.6 Å². The number of nitrogens with zero attached hydrogens (tertiary/aromatic N) is 2. The van der Waals surface area contributed by atoms with Gasteiger partial charge >= 0.3 is 0 Å². The van der Waals surface area contributed by atoms with Gasteiger partial charge in [-0.15, -0.1) is 0 Å². The van der Waals surface area contributed by atoms with Gasteiger partial charge in [0.1, 0.15) is 5.69 Å². The second-order valence-electron chi connectivity index (χ2n) is 6.37. The first-order valence-electron chi connectivity index (χ1n) is 8.05. The smallest absolute Gasteiger partial charge is 0.274 e.